The third kappa shape index (κ3) is 31.3. The van der Waals surface area contributed by atoms with E-state index in [-0.39, 0.29) is 18.2 Å². The standard InChI is InChI=1S/C20H40N2O2.C3H6O2/c1-2-18-22-20(24)17-15-13-11-9-7-5-3-4-6-8-10-12-14-16-19(21)23;1-2-3(4)5/h2-18H2,1H3,(H2,21,23)(H,22,24);2H2,1H3,(H,4,5). The highest BCUT2D eigenvalue weighted by molar-refractivity contribution is 5.75. The summed E-state index contributed by atoms with van der Waals surface area (Å²) in [5, 5.41) is 10.6. The molecule has 0 unspecified atom stereocenters. The van der Waals surface area contributed by atoms with Crippen molar-refractivity contribution in [1.29, 1.82) is 0 Å². The molecule has 0 bridgehead atoms. The van der Waals surface area contributed by atoms with Crippen molar-refractivity contribution in [3.63, 3.8) is 0 Å². The fourth-order valence-electron chi connectivity index (χ4n) is 2.88. The van der Waals surface area contributed by atoms with Crippen LogP contribution in [0.4, 0.5) is 0 Å². The van der Waals surface area contributed by atoms with Crippen molar-refractivity contribution in [2.24, 2.45) is 5.73 Å². The molecule has 0 saturated heterocycles. The van der Waals surface area contributed by atoms with Gasteiger partial charge in [0.25, 0.3) is 0 Å². The molecule has 0 aromatic rings. The molecule has 0 aliphatic heterocycles. The van der Waals surface area contributed by atoms with E-state index in [9.17, 15) is 14.4 Å². The molecule has 4 N–H and O–H groups in total. The van der Waals surface area contributed by atoms with Gasteiger partial charge in [-0.25, -0.2) is 0 Å². The van der Waals surface area contributed by atoms with Gasteiger partial charge in [0.1, 0.15) is 0 Å². The van der Waals surface area contributed by atoms with Crippen LogP contribution in [-0.4, -0.2) is 29.4 Å². The van der Waals surface area contributed by atoms with E-state index in [4.69, 9.17) is 10.8 Å². The summed E-state index contributed by atoms with van der Waals surface area (Å²) in [5.74, 6) is -0.703. The smallest absolute Gasteiger partial charge is 0.303 e. The highest BCUT2D eigenvalue weighted by Crippen LogP contribution is 2.13. The molecular weight excluding hydrogens is 368 g/mol. The van der Waals surface area contributed by atoms with Crippen molar-refractivity contribution in [1.82, 2.24) is 5.32 Å². The second-order valence-electron chi connectivity index (χ2n) is 7.66. The van der Waals surface area contributed by atoms with Gasteiger partial charge in [0, 0.05) is 25.8 Å². The first-order valence-corrected chi connectivity index (χ1v) is 11.7. The summed E-state index contributed by atoms with van der Waals surface area (Å²) >= 11 is 0. The lowest BCUT2D eigenvalue weighted by Crippen LogP contribution is -2.23. The van der Waals surface area contributed by atoms with E-state index in [1.165, 1.54) is 64.2 Å². The lowest BCUT2D eigenvalue weighted by atomic mass is 10.0. The minimum Gasteiger partial charge on any atom is -0.481 e. The van der Waals surface area contributed by atoms with Gasteiger partial charge in [-0.05, 0) is 19.3 Å². The molecule has 0 heterocycles. The molecular formula is C23H46N2O4. The summed E-state index contributed by atoms with van der Waals surface area (Å²) in [6.45, 7) is 4.49. The van der Waals surface area contributed by atoms with Gasteiger partial charge in [-0.1, -0.05) is 84.5 Å². The first-order valence-electron chi connectivity index (χ1n) is 11.7. The molecule has 6 heteroatoms. The molecule has 0 aromatic carbocycles. The summed E-state index contributed by atoms with van der Waals surface area (Å²) in [6.07, 6.45) is 18.6. The molecule has 172 valence electrons. The van der Waals surface area contributed by atoms with E-state index < -0.39 is 5.97 Å². The van der Waals surface area contributed by atoms with Crippen LogP contribution in [-0.2, 0) is 14.4 Å². The molecule has 0 fully saturated rings. The Bertz CT molecular complexity index is 400. The fourth-order valence-corrected chi connectivity index (χ4v) is 2.88. The number of carboxylic acids is 1. The Hall–Kier alpha value is -1.59. The zero-order chi connectivity index (χ0) is 22.2. The van der Waals surface area contributed by atoms with Gasteiger partial charge in [0.2, 0.25) is 11.8 Å². The normalized spacial score (nSPS) is 10.1. The number of nitrogens with two attached hydrogens (primary N) is 1. The van der Waals surface area contributed by atoms with Crippen molar-refractivity contribution in [2.75, 3.05) is 6.54 Å². The molecule has 0 rings (SSSR count). The number of carbonyl (C=O) groups is 3. The summed E-state index contributed by atoms with van der Waals surface area (Å²) in [4.78, 5) is 31.4. The van der Waals surface area contributed by atoms with Crippen LogP contribution in [0.15, 0.2) is 0 Å². The molecule has 6 nitrogen and oxygen atoms in total. The monoisotopic (exact) mass is 414 g/mol. The van der Waals surface area contributed by atoms with E-state index in [1.54, 1.807) is 6.92 Å². The Kier molecular flexibility index (Phi) is 25.0. The van der Waals surface area contributed by atoms with Gasteiger partial charge >= 0.3 is 5.97 Å². The zero-order valence-corrected chi connectivity index (χ0v) is 19.0. The SMILES string of the molecule is CCC(=O)O.CCCNC(=O)CCCCCCCCCCCCCCCC(N)=O. The van der Waals surface area contributed by atoms with Gasteiger partial charge in [-0.15, -0.1) is 0 Å². The highest BCUT2D eigenvalue weighted by Gasteiger charge is 1.99. The van der Waals surface area contributed by atoms with Gasteiger partial charge in [-0.2, -0.15) is 0 Å². The summed E-state index contributed by atoms with van der Waals surface area (Å²) < 4.78 is 0. The molecule has 29 heavy (non-hydrogen) atoms. The molecule has 0 aliphatic rings. The van der Waals surface area contributed by atoms with E-state index in [0.29, 0.717) is 12.8 Å². The Balaban J connectivity index is 0. The number of carboxylic acid groups (broad SMARTS) is 1. The number of amides is 2. The number of hydrogen-bond acceptors (Lipinski definition) is 3. The summed E-state index contributed by atoms with van der Waals surface area (Å²) in [7, 11) is 0. The number of primary amides is 1. The van der Waals surface area contributed by atoms with Crippen LogP contribution in [0.3, 0.4) is 0 Å². The lowest BCUT2D eigenvalue weighted by molar-refractivity contribution is -0.136. The predicted octanol–water partition coefficient (Wildman–Crippen LogP) is 5.33. The van der Waals surface area contributed by atoms with Crippen molar-refractivity contribution < 1.29 is 19.5 Å². The number of nitrogens with one attached hydrogen (secondary N) is 1. The van der Waals surface area contributed by atoms with Crippen molar-refractivity contribution in [2.45, 2.75) is 123 Å². The maximum Gasteiger partial charge on any atom is 0.303 e. The molecule has 0 aliphatic carbocycles. The van der Waals surface area contributed by atoms with E-state index in [2.05, 4.69) is 12.2 Å². The van der Waals surface area contributed by atoms with E-state index in [1.807, 2.05) is 0 Å². The molecule has 0 radical (unpaired) electrons. The second kappa shape index (κ2) is 24.4. The quantitative estimate of drug-likeness (QED) is 0.248. The van der Waals surface area contributed by atoms with E-state index >= 15 is 0 Å². The van der Waals surface area contributed by atoms with Crippen LogP contribution in [0.2, 0.25) is 0 Å². The van der Waals surface area contributed by atoms with E-state index in [0.717, 1.165) is 32.2 Å². The third-order valence-electron chi connectivity index (χ3n) is 4.70. The topological polar surface area (TPSA) is 109 Å². The number of hydrogen-bond donors (Lipinski definition) is 3. The van der Waals surface area contributed by atoms with Crippen LogP contribution in [0, 0.1) is 0 Å². The average Bonchev–Trinajstić information content (AvgIpc) is 2.69. The maximum atomic E-state index is 11.4. The molecule has 0 saturated carbocycles. The Morgan fingerprint density at radius 1 is 0.690 bits per heavy atom. The van der Waals surface area contributed by atoms with Gasteiger partial charge < -0.3 is 16.2 Å². The Morgan fingerprint density at radius 2 is 1.03 bits per heavy atom. The number of rotatable bonds is 19. The third-order valence-corrected chi connectivity index (χ3v) is 4.70. The highest BCUT2D eigenvalue weighted by atomic mass is 16.4. The summed E-state index contributed by atoms with van der Waals surface area (Å²) in [6, 6.07) is 0. The summed E-state index contributed by atoms with van der Waals surface area (Å²) in [5.41, 5.74) is 5.11. The molecule has 0 aromatic heterocycles. The maximum absolute atomic E-state index is 11.4. The van der Waals surface area contributed by atoms with Crippen molar-refractivity contribution in [3.8, 4) is 0 Å². The van der Waals surface area contributed by atoms with Crippen molar-refractivity contribution >= 4 is 17.8 Å². The van der Waals surface area contributed by atoms with Crippen LogP contribution in [0.25, 0.3) is 0 Å². The van der Waals surface area contributed by atoms with Gasteiger partial charge in [0.05, 0.1) is 0 Å². The minimum absolute atomic E-state index is 0.172. The number of carbonyl (C=O) groups excluding carboxylic acids is 2. The van der Waals surface area contributed by atoms with Gasteiger partial charge in [-0.3, -0.25) is 14.4 Å². The molecule has 0 atom stereocenters. The van der Waals surface area contributed by atoms with Crippen LogP contribution < -0.4 is 11.1 Å². The number of aliphatic carboxylic acids is 1. The lowest BCUT2D eigenvalue weighted by Gasteiger charge is -2.04. The zero-order valence-electron chi connectivity index (χ0n) is 19.0. The first kappa shape index (κ1) is 29.6. The Labute approximate surface area is 178 Å². The van der Waals surface area contributed by atoms with Gasteiger partial charge in [0.15, 0.2) is 0 Å². The Morgan fingerprint density at radius 3 is 1.34 bits per heavy atom. The van der Waals surface area contributed by atoms with Crippen molar-refractivity contribution in [3.05, 3.63) is 0 Å². The minimum atomic E-state index is -0.745. The predicted molar refractivity (Wildman–Crippen MR) is 120 cm³/mol. The fraction of sp³-hybridized carbons (Fsp3) is 0.870. The second-order valence-corrected chi connectivity index (χ2v) is 7.66. The van der Waals surface area contributed by atoms with Crippen LogP contribution in [0.1, 0.15) is 123 Å². The molecule has 2 amide bonds. The largest absolute Gasteiger partial charge is 0.481 e. The number of unbranched alkanes of at least 4 members (excludes halogenated alkanes) is 12. The van der Waals surface area contributed by atoms with Crippen LogP contribution in [0.5, 0.6) is 0 Å². The molecule has 0 spiro atoms. The van der Waals surface area contributed by atoms with Crippen LogP contribution >= 0.6 is 0 Å². The average molecular weight is 415 g/mol. The first-order chi connectivity index (χ1) is 13.9.